The first-order valence-corrected chi connectivity index (χ1v) is 8.92. The van der Waals surface area contributed by atoms with E-state index in [0.29, 0.717) is 47.7 Å². The van der Waals surface area contributed by atoms with Crippen LogP contribution in [0.2, 0.25) is 5.02 Å². The van der Waals surface area contributed by atoms with Crippen molar-refractivity contribution in [1.29, 1.82) is 0 Å². The van der Waals surface area contributed by atoms with Crippen molar-refractivity contribution in [2.45, 2.75) is 44.3 Å². The minimum Gasteiger partial charge on any atom is -0.490 e. The number of aromatic nitrogens is 1. The molecule has 1 aliphatic carbocycles. The summed E-state index contributed by atoms with van der Waals surface area (Å²) in [6, 6.07) is 8.11. The topological polar surface area (TPSA) is 46.8 Å². The Morgan fingerprint density at radius 2 is 2.12 bits per heavy atom. The number of hydrogen-bond acceptors (Lipinski definition) is 3. The summed E-state index contributed by atoms with van der Waals surface area (Å²) in [4.78, 5) is 21.5. The number of amides is 1. The second-order valence-electron chi connectivity index (χ2n) is 6.46. The number of pyridine rings is 1. The van der Waals surface area contributed by atoms with E-state index in [1.54, 1.807) is 30.3 Å². The lowest BCUT2D eigenvalue weighted by molar-refractivity contribution is 0.0560. The molecule has 2 heterocycles. The van der Waals surface area contributed by atoms with Crippen LogP contribution in [-0.4, -0.2) is 27.9 Å². The van der Waals surface area contributed by atoms with E-state index in [1.807, 2.05) is 0 Å². The first-order valence-electron chi connectivity index (χ1n) is 9.54. The molecule has 0 bridgehead atoms. The van der Waals surface area contributed by atoms with Gasteiger partial charge in [0.25, 0.3) is 5.91 Å². The van der Waals surface area contributed by atoms with E-state index < -0.39 is 6.50 Å². The molecule has 2 aromatic rings. The van der Waals surface area contributed by atoms with Gasteiger partial charge in [-0.2, -0.15) is 0 Å². The summed E-state index contributed by atoms with van der Waals surface area (Å²) in [5, 5.41) is 0.363. The van der Waals surface area contributed by atoms with Crippen molar-refractivity contribution in [2.75, 3.05) is 0 Å². The molecule has 0 saturated heterocycles. The highest BCUT2D eigenvalue weighted by Crippen LogP contribution is 2.33. The van der Waals surface area contributed by atoms with Crippen LogP contribution in [-0.2, 0) is 6.50 Å². The summed E-state index contributed by atoms with van der Waals surface area (Å²) in [6.07, 6.45) is 4.20. The van der Waals surface area contributed by atoms with Crippen LogP contribution in [0.4, 0.5) is 5.69 Å². The number of rotatable bonds is 3. The monoisotopic (exact) mass is 369 g/mol. The Morgan fingerprint density at radius 1 is 1.31 bits per heavy atom. The summed E-state index contributed by atoms with van der Waals surface area (Å²) in [7, 11) is 0. The van der Waals surface area contributed by atoms with Crippen LogP contribution in [0.3, 0.4) is 0 Å². The highest BCUT2D eigenvalue weighted by Gasteiger charge is 2.35. The van der Waals surface area contributed by atoms with Crippen LogP contribution < -0.4 is 4.74 Å². The van der Waals surface area contributed by atoms with Gasteiger partial charge in [0.2, 0.25) is 5.69 Å². The van der Waals surface area contributed by atoms with Gasteiger partial charge in [0, 0.05) is 12.2 Å². The molecule has 0 N–H and O–H groups in total. The van der Waals surface area contributed by atoms with Gasteiger partial charge in [-0.15, -0.1) is 0 Å². The Labute approximate surface area is 160 Å². The second-order valence-corrected chi connectivity index (χ2v) is 6.87. The van der Waals surface area contributed by atoms with Crippen molar-refractivity contribution in [3.05, 3.63) is 64.2 Å². The average Bonchev–Trinajstić information content (AvgIpc) is 2.89. The summed E-state index contributed by atoms with van der Waals surface area (Å²) >= 11 is 6.06. The van der Waals surface area contributed by atoms with Gasteiger partial charge in [-0.3, -0.25) is 9.78 Å². The molecule has 0 spiro atoms. The summed E-state index contributed by atoms with van der Waals surface area (Å²) in [5.74, 6) is 0.323. The first-order chi connectivity index (χ1) is 13.4. The van der Waals surface area contributed by atoms with E-state index in [9.17, 15) is 4.79 Å². The quantitative estimate of drug-likeness (QED) is 0.741. The SMILES string of the molecule is [2H]C1([2H])c2ncccc2C(=O)N1C1CCC(Oc2ccc([N+]#[C-])c(Cl)c2)CC1. The lowest BCUT2D eigenvalue weighted by Crippen LogP contribution is -2.40. The van der Waals surface area contributed by atoms with Gasteiger partial charge in [-0.1, -0.05) is 17.7 Å². The largest absolute Gasteiger partial charge is 0.490 e. The maximum atomic E-state index is 12.8. The highest BCUT2D eigenvalue weighted by atomic mass is 35.5. The van der Waals surface area contributed by atoms with Crippen molar-refractivity contribution < 1.29 is 12.3 Å². The molecule has 1 aliphatic heterocycles. The van der Waals surface area contributed by atoms with Crippen molar-refractivity contribution in [3.8, 4) is 5.75 Å². The fourth-order valence-electron chi connectivity index (χ4n) is 3.48. The molecule has 1 fully saturated rings. The Balaban J connectivity index is 1.43. The Hall–Kier alpha value is -2.58. The summed E-state index contributed by atoms with van der Waals surface area (Å²) in [5.41, 5.74) is 0.939. The number of hydrogen-bond donors (Lipinski definition) is 0. The fourth-order valence-corrected chi connectivity index (χ4v) is 3.70. The van der Waals surface area contributed by atoms with Gasteiger partial charge in [0.1, 0.15) is 5.75 Å². The number of fused-ring (bicyclic) bond motifs is 1. The zero-order valence-corrected chi connectivity index (χ0v) is 14.7. The molecule has 6 heteroatoms. The molecule has 5 nitrogen and oxygen atoms in total. The molecule has 1 aromatic heterocycles. The smallest absolute Gasteiger partial charge is 0.256 e. The molecular formula is C20H18ClN3O2. The van der Waals surface area contributed by atoms with Crippen molar-refractivity contribution >= 4 is 23.2 Å². The maximum Gasteiger partial charge on any atom is 0.256 e. The molecule has 1 aromatic carbocycles. The van der Waals surface area contributed by atoms with E-state index in [4.69, 9.17) is 25.7 Å². The molecule has 2 aliphatic rings. The van der Waals surface area contributed by atoms with Crippen LogP contribution in [0, 0.1) is 6.57 Å². The third kappa shape index (κ3) is 3.13. The van der Waals surface area contributed by atoms with Gasteiger partial charge >= 0.3 is 0 Å². The minimum absolute atomic E-state index is 0.0322. The van der Waals surface area contributed by atoms with Gasteiger partial charge in [0.05, 0.1) is 38.2 Å². The molecule has 0 radical (unpaired) electrons. The zero-order chi connectivity index (χ0) is 19.9. The fraction of sp³-hybridized carbons (Fsp3) is 0.350. The average molecular weight is 370 g/mol. The van der Waals surface area contributed by atoms with Crippen molar-refractivity contribution in [1.82, 2.24) is 9.88 Å². The van der Waals surface area contributed by atoms with Crippen LogP contribution in [0.1, 0.15) is 44.5 Å². The molecule has 0 unspecified atom stereocenters. The van der Waals surface area contributed by atoms with Crippen molar-refractivity contribution in [3.63, 3.8) is 0 Å². The van der Waals surface area contributed by atoms with Crippen LogP contribution >= 0.6 is 11.6 Å². The van der Waals surface area contributed by atoms with Crippen LogP contribution in [0.15, 0.2) is 36.5 Å². The van der Waals surface area contributed by atoms with Gasteiger partial charge in [-0.25, -0.2) is 4.85 Å². The van der Waals surface area contributed by atoms with E-state index in [1.165, 1.54) is 11.1 Å². The molecule has 132 valence electrons. The number of nitrogens with zero attached hydrogens (tertiary/aromatic N) is 3. The number of benzene rings is 1. The Bertz CT molecular complexity index is 968. The summed E-state index contributed by atoms with van der Waals surface area (Å²) in [6.45, 7) is 5.15. The lowest BCUT2D eigenvalue weighted by atomic mass is 9.92. The first kappa shape index (κ1) is 14.6. The second kappa shape index (κ2) is 6.97. The molecule has 1 amide bonds. The highest BCUT2D eigenvalue weighted by molar-refractivity contribution is 6.33. The predicted octanol–water partition coefficient (Wildman–Crippen LogP) is 4.63. The number of carbonyl (C=O) groups excluding carboxylic acids is 1. The molecule has 0 atom stereocenters. The van der Waals surface area contributed by atoms with E-state index >= 15 is 0 Å². The number of carbonyl (C=O) groups is 1. The number of halogens is 1. The lowest BCUT2D eigenvalue weighted by Gasteiger charge is -2.34. The third-order valence-electron chi connectivity index (χ3n) is 4.83. The van der Waals surface area contributed by atoms with E-state index in [-0.39, 0.29) is 23.7 Å². The Kier molecular flexibility index (Phi) is 3.91. The van der Waals surface area contributed by atoms with Gasteiger partial charge < -0.3 is 9.64 Å². The van der Waals surface area contributed by atoms with Gasteiger partial charge in [-0.05, 0) is 49.9 Å². The third-order valence-corrected chi connectivity index (χ3v) is 5.14. The molecule has 1 saturated carbocycles. The maximum absolute atomic E-state index is 12.8. The zero-order valence-electron chi connectivity index (χ0n) is 16.0. The summed E-state index contributed by atoms with van der Waals surface area (Å²) < 4.78 is 22.8. The van der Waals surface area contributed by atoms with Crippen LogP contribution in [0.5, 0.6) is 5.75 Å². The van der Waals surface area contributed by atoms with E-state index in [0.717, 1.165) is 0 Å². The predicted molar refractivity (Wildman–Crippen MR) is 98.5 cm³/mol. The van der Waals surface area contributed by atoms with Gasteiger partial charge in [0.15, 0.2) is 0 Å². The van der Waals surface area contributed by atoms with E-state index in [2.05, 4.69) is 9.83 Å². The standard InChI is InChI=1S/C20H18ClN3O2/c1-22-18-9-8-15(11-17(18)21)26-14-6-4-13(5-7-14)24-12-19-16(20(24)25)3-2-10-23-19/h2-3,8-11,13-14H,4-7,12H2/i12D2. The number of ether oxygens (including phenoxy) is 1. The Morgan fingerprint density at radius 3 is 2.81 bits per heavy atom. The molecular weight excluding hydrogens is 350 g/mol. The normalized spacial score (nSPS) is 25.1. The molecule has 26 heavy (non-hydrogen) atoms. The van der Waals surface area contributed by atoms with Crippen LogP contribution in [0.25, 0.3) is 4.85 Å². The van der Waals surface area contributed by atoms with Crippen molar-refractivity contribution in [2.24, 2.45) is 0 Å². The molecule has 4 rings (SSSR count). The minimum atomic E-state index is -1.89.